The van der Waals surface area contributed by atoms with Crippen molar-refractivity contribution in [3.8, 4) is 0 Å². The van der Waals surface area contributed by atoms with E-state index in [2.05, 4.69) is 17.2 Å². The van der Waals surface area contributed by atoms with E-state index in [4.69, 9.17) is 10.5 Å². The number of nitrogens with two attached hydrogens (primary N) is 1. The van der Waals surface area contributed by atoms with Crippen molar-refractivity contribution in [2.45, 2.75) is 26.1 Å². The van der Waals surface area contributed by atoms with Crippen molar-refractivity contribution in [1.29, 1.82) is 0 Å². The highest BCUT2D eigenvalue weighted by atomic mass is 127. The normalized spacial score (nSPS) is 12.3. The molecule has 6 heteroatoms. The van der Waals surface area contributed by atoms with Crippen molar-refractivity contribution in [2.75, 3.05) is 18.5 Å². The minimum absolute atomic E-state index is 0. The van der Waals surface area contributed by atoms with Gasteiger partial charge in [-0.25, -0.2) is 0 Å². The fourth-order valence-corrected chi connectivity index (χ4v) is 2.15. The van der Waals surface area contributed by atoms with Crippen LogP contribution in [-0.2, 0) is 17.8 Å². The second kappa shape index (κ2) is 11.8. The molecule has 0 saturated heterocycles. The lowest BCUT2D eigenvalue weighted by molar-refractivity contribution is 0.0331. The first-order valence-electron chi connectivity index (χ1n) is 8.13. The highest BCUT2D eigenvalue weighted by Crippen LogP contribution is 2.09. The Kier molecular flexibility index (Phi) is 10.1. The molecule has 4 N–H and O–H groups in total. The second-order valence-electron chi connectivity index (χ2n) is 5.56. The summed E-state index contributed by atoms with van der Waals surface area (Å²) in [7, 11) is 0. The van der Waals surface area contributed by atoms with Crippen LogP contribution < -0.4 is 11.1 Å². The van der Waals surface area contributed by atoms with Crippen LogP contribution in [0.5, 0.6) is 0 Å². The third-order valence-corrected chi connectivity index (χ3v) is 3.53. The molecule has 0 fully saturated rings. The molecule has 0 radical (unpaired) electrons. The van der Waals surface area contributed by atoms with Crippen molar-refractivity contribution < 1.29 is 9.84 Å². The van der Waals surface area contributed by atoms with Gasteiger partial charge in [0.05, 0.1) is 25.9 Å². The number of benzene rings is 2. The topological polar surface area (TPSA) is 79.9 Å². The molecular weight excluding hydrogens is 429 g/mol. The summed E-state index contributed by atoms with van der Waals surface area (Å²) < 4.78 is 5.48. The molecule has 136 valence electrons. The van der Waals surface area contributed by atoms with Crippen molar-refractivity contribution >= 4 is 35.6 Å². The Labute approximate surface area is 166 Å². The number of nitrogens with one attached hydrogen (secondary N) is 1. The summed E-state index contributed by atoms with van der Waals surface area (Å²) in [5.74, 6) is 0.279. The zero-order chi connectivity index (χ0) is 17.2. The van der Waals surface area contributed by atoms with Crippen LogP contribution >= 0.6 is 24.0 Å². The fraction of sp³-hybridized carbons (Fsp3) is 0.316. The molecule has 0 aromatic heterocycles. The van der Waals surface area contributed by atoms with Gasteiger partial charge in [-0.1, -0.05) is 49.4 Å². The zero-order valence-electron chi connectivity index (χ0n) is 14.4. The highest BCUT2D eigenvalue weighted by molar-refractivity contribution is 14.0. The van der Waals surface area contributed by atoms with E-state index in [-0.39, 0.29) is 43.1 Å². The Morgan fingerprint density at radius 3 is 2.44 bits per heavy atom. The van der Waals surface area contributed by atoms with Crippen LogP contribution in [0, 0.1) is 0 Å². The summed E-state index contributed by atoms with van der Waals surface area (Å²) in [5.41, 5.74) is 9.05. The lowest BCUT2D eigenvalue weighted by atomic mass is 10.1. The standard InChI is InChI=1S/C19H25N3O2.HI/c1-2-15-8-10-17(11-9-15)22-19(20)21-12-18(23)14-24-13-16-6-4-3-5-7-16;/h3-11,18,23H,2,12-14H2,1H3,(H3,20,21,22);1H. The van der Waals surface area contributed by atoms with Crippen LogP contribution in [0.3, 0.4) is 0 Å². The maximum absolute atomic E-state index is 9.90. The van der Waals surface area contributed by atoms with Crippen LogP contribution in [0.4, 0.5) is 5.69 Å². The minimum Gasteiger partial charge on any atom is -0.389 e. The third kappa shape index (κ3) is 8.33. The molecule has 0 aliphatic heterocycles. The van der Waals surface area contributed by atoms with Crippen LogP contribution in [0.2, 0.25) is 0 Å². The van der Waals surface area contributed by atoms with E-state index in [0.717, 1.165) is 17.7 Å². The van der Waals surface area contributed by atoms with Gasteiger partial charge in [0, 0.05) is 5.69 Å². The number of hydrogen-bond acceptors (Lipinski definition) is 3. The molecule has 1 atom stereocenters. The van der Waals surface area contributed by atoms with Gasteiger partial charge >= 0.3 is 0 Å². The SMILES string of the molecule is CCc1ccc(NC(N)=NCC(O)COCc2ccccc2)cc1.I. The summed E-state index contributed by atoms with van der Waals surface area (Å²) >= 11 is 0. The van der Waals surface area contributed by atoms with Gasteiger partial charge < -0.3 is 20.9 Å². The molecule has 2 rings (SSSR count). The van der Waals surface area contributed by atoms with Gasteiger partial charge in [0.25, 0.3) is 0 Å². The number of rotatable bonds is 8. The highest BCUT2D eigenvalue weighted by Gasteiger charge is 2.04. The number of aryl methyl sites for hydroxylation is 1. The monoisotopic (exact) mass is 455 g/mol. The maximum Gasteiger partial charge on any atom is 0.193 e. The van der Waals surface area contributed by atoms with E-state index in [1.165, 1.54) is 5.56 Å². The van der Waals surface area contributed by atoms with E-state index < -0.39 is 6.10 Å². The second-order valence-corrected chi connectivity index (χ2v) is 5.56. The van der Waals surface area contributed by atoms with E-state index in [9.17, 15) is 5.11 Å². The quantitative estimate of drug-likeness (QED) is 0.325. The Morgan fingerprint density at radius 1 is 1.12 bits per heavy atom. The zero-order valence-corrected chi connectivity index (χ0v) is 16.7. The number of aliphatic hydroxyl groups excluding tert-OH is 1. The summed E-state index contributed by atoms with van der Waals surface area (Å²) in [5, 5.41) is 12.9. The molecule has 0 spiro atoms. The predicted octanol–water partition coefficient (Wildman–Crippen LogP) is 3.17. The molecular formula is C19H26IN3O2. The number of aliphatic imine (C=N–C) groups is 1. The largest absolute Gasteiger partial charge is 0.389 e. The van der Waals surface area contributed by atoms with Crippen molar-refractivity contribution in [3.63, 3.8) is 0 Å². The molecule has 0 aliphatic rings. The van der Waals surface area contributed by atoms with E-state index in [1.54, 1.807) is 0 Å². The van der Waals surface area contributed by atoms with E-state index in [0.29, 0.717) is 6.61 Å². The Balaban J connectivity index is 0.00000312. The van der Waals surface area contributed by atoms with Gasteiger partial charge in [0.1, 0.15) is 0 Å². The van der Waals surface area contributed by atoms with Crippen LogP contribution in [0.1, 0.15) is 18.1 Å². The predicted molar refractivity (Wildman–Crippen MR) is 113 cm³/mol. The first-order chi connectivity index (χ1) is 11.7. The lowest BCUT2D eigenvalue weighted by Crippen LogP contribution is -2.26. The molecule has 5 nitrogen and oxygen atoms in total. The molecule has 0 aliphatic carbocycles. The average molecular weight is 455 g/mol. The van der Waals surface area contributed by atoms with Gasteiger partial charge in [-0.05, 0) is 29.7 Å². The summed E-state index contributed by atoms with van der Waals surface area (Å²) in [6, 6.07) is 17.8. The Hall–Kier alpha value is -1.64. The van der Waals surface area contributed by atoms with Gasteiger partial charge in [-0.15, -0.1) is 24.0 Å². The molecule has 0 heterocycles. The van der Waals surface area contributed by atoms with Crippen LogP contribution in [0.15, 0.2) is 59.6 Å². The first kappa shape index (κ1) is 21.4. The van der Waals surface area contributed by atoms with Gasteiger partial charge in [-0.2, -0.15) is 0 Å². The molecule has 1 unspecified atom stereocenters. The Morgan fingerprint density at radius 2 is 1.80 bits per heavy atom. The van der Waals surface area contributed by atoms with Crippen molar-refractivity contribution in [1.82, 2.24) is 0 Å². The summed E-state index contributed by atoms with van der Waals surface area (Å²) in [6.45, 7) is 3.00. The molecule has 0 saturated carbocycles. The number of anilines is 1. The van der Waals surface area contributed by atoms with E-state index in [1.807, 2.05) is 54.6 Å². The first-order valence-corrected chi connectivity index (χ1v) is 8.13. The summed E-state index contributed by atoms with van der Waals surface area (Å²) in [6.07, 6.45) is 0.315. The van der Waals surface area contributed by atoms with Crippen molar-refractivity contribution in [2.24, 2.45) is 10.7 Å². The smallest absolute Gasteiger partial charge is 0.193 e. The number of halogens is 1. The summed E-state index contributed by atoms with van der Waals surface area (Å²) in [4.78, 5) is 4.14. The van der Waals surface area contributed by atoms with Crippen LogP contribution in [0.25, 0.3) is 0 Å². The average Bonchev–Trinajstić information content (AvgIpc) is 2.61. The molecule has 25 heavy (non-hydrogen) atoms. The molecule has 0 bridgehead atoms. The number of nitrogens with zero attached hydrogens (tertiary/aromatic N) is 1. The number of aliphatic hydroxyl groups is 1. The third-order valence-electron chi connectivity index (χ3n) is 3.53. The Bertz CT molecular complexity index is 633. The molecule has 2 aromatic carbocycles. The van der Waals surface area contributed by atoms with Gasteiger partial charge in [0.15, 0.2) is 5.96 Å². The van der Waals surface area contributed by atoms with Gasteiger partial charge in [-0.3, -0.25) is 4.99 Å². The van der Waals surface area contributed by atoms with Crippen LogP contribution in [-0.4, -0.2) is 30.3 Å². The fourth-order valence-electron chi connectivity index (χ4n) is 2.15. The number of guanidine groups is 1. The minimum atomic E-state index is -0.684. The lowest BCUT2D eigenvalue weighted by Gasteiger charge is -2.10. The maximum atomic E-state index is 9.90. The van der Waals surface area contributed by atoms with Crippen molar-refractivity contribution in [3.05, 3.63) is 65.7 Å². The number of ether oxygens (including phenoxy) is 1. The molecule has 2 aromatic rings. The van der Waals surface area contributed by atoms with E-state index >= 15 is 0 Å². The molecule has 0 amide bonds. The van der Waals surface area contributed by atoms with Gasteiger partial charge in [0.2, 0.25) is 0 Å². The number of hydrogen-bond donors (Lipinski definition) is 3.